The molecule has 0 aliphatic heterocycles. The van der Waals surface area contributed by atoms with Gasteiger partial charge in [0.25, 0.3) is 0 Å². The Morgan fingerprint density at radius 2 is 1.21 bits per heavy atom. The van der Waals surface area contributed by atoms with Gasteiger partial charge in [-0.05, 0) is 56.8 Å². The van der Waals surface area contributed by atoms with Crippen LogP contribution in [0.4, 0.5) is 0 Å². The van der Waals surface area contributed by atoms with Crippen LogP contribution in [0, 0.1) is 6.92 Å². The molecule has 1 atom stereocenters. The fraction of sp³-hybridized carbons (Fsp3) is 0.111. The van der Waals surface area contributed by atoms with Gasteiger partial charge in [0.15, 0.2) is 0 Å². The minimum absolute atomic E-state index is 0.0149. The van der Waals surface area contributed by atoms with Gasteiger partial charge in [-0.15, -0.1) is 0 Å². The number of aliphatic hydroxyl groups is 1. The van der Waals surface area contributed by atoms with E-state index in [9.17, 15) is 5.11 Å². The molecular weight excluding hydrogens is 464 g/mol. The average molecular weight is 495 g/mol. The molecule has 6 rings (SSSR count). The Kier molecular flexibility index (Phi) is 6.64. The van der Waals surface area contributed by atoms with Gasteiger partial charge in [0.05, 0.1) is 13.2 Å². The van der Waals surface area contributed by atoms with Crippen molar-refractivity contribution >= 4 is 21.5 Å². The largest absolute Gasteiger partial charge is 0.492 e. The maximum absolute atomic E-state index is 10.3. The molecule has 0 aliphatic carbocycles. The number of hydrogen-bond acceptors (Lipinski definition) is 2. The Balaban J connectivity index is 1.33. The molecule has 0 amide bonds. The van der Waals surface area contributed by atoms with Crippen LogP contribution in [0.15, 0.2) is 127 Å². The number of fused-ring (bicyclic) bond motifs is 2. The van der Waals surface area contributed by atoms with Crippen molar-refractivity contribution in [3.8, 4) is 28.0 Å². The maximum Gasteiger partial charge on any atom is 0.127 e. The molecule has 0 bridgehead atoms. The van der Waals surface area contributed by atoms with E-state index in [0.29, 0.717) is 6.61 Å². The van der Waals surface area contributed by atoms with Crippen LogP contribution in [0.2, 0.25) is 0 Å². The molecule has 0 aromatic heterocycles. The summed E-state index contributed by atoms with van der Waals surface area (Å²) in [7, 11) is 0. The second kappa shape index (κ2) is 10.5. The Morgan fingerprint density at radius 3 is 1.92 bits per heavy atom. The van der Waals surface area contributed by atoms with Crippen LogP contribution in [0.5, 0.6) is 5.75 Å². The zero-order valence-electron chi connectivity index (χ0n) is 21.5. The molecule has 2 heteroatoms. The highest BCUT2D eigenvalue weighted by Gasteiger charge is 2.17. The molecule has 0 heterocycles. The van der Waals surface area contributed by atoms with Crippen molar-refractivity contribution in [2.24, 2.45) is 0 Å². The van der Waals surface area contributed by atoms with Gasteiger partial charge in [-0.25, -0.2) is 0 Å². The van der Waals surface area contributed by atoms with Crippen molar-refractivity contribution in [3.05, 3.63) is 139 Å². The molecule has 0 aliphatic rings. The first-order chi connectivity index (χ1) is 18.7. The molecule has 0 radical (unpaired) electrons. The minimum Gasteiger partial charge on any atom is -0.492 e. The minimum atomic E-state index is -0.131. The van der Waals surface area contributed by atoms with Gasteiger partial charge in [0, 0.05) is 11.5 Å². The van der Waals surface area contributed by atoms with Crippen LogP contribution in [0.1, 0.15) is 17.0 Å². The Hall–Kier alpha value is -4.40. The van der Waals surface area contributed by atoms with Crippen molar-refractivity contribution < 1.29 is 9.84 Å². The number of aryl methyl sites for hydroxylation is 1. The van der Waals surface area contributed by atoms with E-state index in [2.05, 4.69) is 134 Å². The lowest BCUT2D eigenvalue weighted by atomic mass is 9.93. The van der Waals surface area contributed by atoms with E-state index in [0.717, 1.165) is 27.8 Å². The molecule has 1 N–H and O–H groups in total. The van der Waals surface area contributed by atoms with Crippen molar-refractivity contribution in [1.29, 1.82) is 0 Å². The van der Waals surface area contributed by atoms with Crippen molar-refractivity contribution in [1.82, 2.24) is 0 Å². The van der Waals surface area contributed by atoms with E-state index in [1.807, 2.05) is 0 Å². The average Bonchev–Trinajstić information content (AvgIpc) is 2.98. The Labute approximate surface area is 223 Å². The Morgan fingerprint density at radius 1 is 0.605 bits per heavy atom. The van der Waals surface area contributed by atoms with Gasteiger partial charge in [-0.1, -0.05) is 127 Å². The van der Waals surface area contributed by atoms with Crippen molar-refractivity contribution in [2.75, 3.05) is 13.2 Å². The third-order valence-electron chi connectivity index (χ3n) is 7.38. The van der Waals surface area contributed by atoms with Crippen LogP contribution in [0.25, 0.3) is 43.8 Å². The van der Waals surface area contributed by atoms with Crippen LogP contribution in [0.3, 0.4) is 0 Å². The third kappa shape index (κ3) is 4.67. The topological polar surface area (TPSA) is 29.5 Å². The van der Waals surface area contributed by atoms with E-state index in [1.165, 1.54) is 32.8 Å². The van der Waals surface area contributed by atoms with Crippen LogP contribution in [-0.2, 0) is 0 Å². The first kappa shape index (κ1) is 24.0. The molecule has 6 aromatic carbocycles. The first-order valence-corrected chi connectivity index (χ1v) is 13.1. The van der Waals surface area contributed by atoms with Gasteiger partial charge >= 0.3 is 0 Å². The van der Waals surface area contributed by atoms with Gasteiger partial charge in [-0.3, -0.25) is 0 Å². The van der Waals surface area contributed by atoms with Gasteiger partial charge in [0.1, 0.15) is 5.75 Å². The SMILES string of the molecule is Cc1ccc(-c2ccc(C(CO)COc3ccc4ccccc4c3-c3cccc4ccccc34)cc2)cc1. The van der Waals surface area contributed by atoms with E-state index in [1.54, 1.807) is 0 Å². The quantitative estimate of drug-likeness (QED) is 0.240. The summed E-state index contributed by atoms with van der Waals surface area (Å²) < 4.78 is 6.52. The number of rotatable bonds is 7. The first-order valence-electron chi connectivity index (χ1n) is 13.1. The third-order valence-corrected chi connectivity index (χ3v) is 7.38. The normalized spacial score (nSPS) is 12.1. The lowest BCUT2D eigenvalue weighted by Gasteiger charge is -2.20. The lowest BCUT2D eigenvalue weighted by Crippen LogP contribution is -2.14. The molecule has 0 saturated carbocycles. The summed E-state index contributed by atoms with van der Waals surface area (Å²) in [6.45, 7) is 2.50. The molecule has 186 valence electrons. The summed E-state index contributed by atoms with van der Waals surface area (Å²) in [5.74, 6) is 0.698. The second-order valence-corrected chi connectivity index (χ2v) is 9.87. The number of aliphatic hydroxyl groups excluding tert-OH is 1. The Bertz CT molecular complexity index is 1690. The molecule has 0 fully saturated rings. The maximum atomic E-state index is 10.3. The van der Waals surface area contributed by atoms with Gasteiger partial charge in [-0.2, -0.15) is 0 Å². The van der Waals surface area contributed by atoms with E-state index in [-0.39, 0.29) is 12.5 Å². The lowest BCUT2D eigenvalue weighted by molar-refractivity contribution is 0.205. The molecule has 2 nitrogen and oxygen atoms in total. The molecule has 6 aromatic rings. The molecule has 0 saturated heterocycles. The number of hydrogen-bond donors (Lipinski definition) is 1. The highest BCUT2D eigenvalue weighted by atomic mass is 16.5. The molecule has 38 heavy (non-hydrogen) atoms. The van der Waals surface area contributed by atoms with Crippen LogP contribution >= 0.6 is 0 Å². The summed E-state index contributed by atoms with van der Waals surface area (Å²) >= 11 is 0. The van der Waals surface area contributed by atoms with Crippen molar-refractivity contribution in [3.63, 3.8) is 0 Å². The monoisotopic (exact) mass is 494 g/mol. The molecular formula is C36H30O2. The standard InChI is InChI=1S/C36H30O2/c1-25-13-15-26(16-14-25)27-17-19-28(20-18-27)31(23-37)24-38-35-22-21-30-8-3-5-11-33(30)36(35)34-12-6-9-29-7-2-4-10-32(29)34/h2-22,31,37H,23-24H2,1H3. The van der Waals surface area contributed by atoms with Crippen LogP contribution in [-0.4, -0.2) is 18.3 Å². The number of ether oxygens (including phenoxy) is 1. The zero-order chi connectivity index (χ0) is 25.9. The predicted molar refractivity (Wildman–Crippen MR) is 159 cm³/mol. The molecule has 1 unspecified atom stereocenters. The summed E-state index contributed by atoms with van der Waals surface area (Å²) in [6.07, 6.45) is 0. The van der Waals surface area contributed by atoms with E-state index in [4.69, 9.17) is 4.74 Å². The summed E-state index contributed by atoms with van der Waals surface area (Å²) in [5, 5.41) is 15.0. The van der Waals surface area contributed by atoms with Crippen molar-refractivity contribution in [2.45, 2.75) is 12.8 Å². The summed E-state index contributed by atoms with van der Waals surface area (Å²) in [5.41, 5.74) is 6.91. The fourth-order valence-corrected chi connectivity index (χ4v) is 5.23. The zero-order valence-corrected chi connectivity index (χ0v) is 21.5. The van der Waals surface area contributed by atoms with Gasteiger partial charge < -0.3 is 9.84 Å². The van der Waals surface area contributed by atoms with Crippen LogP contribution < -0.4 is 4.74 Å². The highest BCUT2D eigenvalue weighted by Crippen LogP contribution is 2.41. The summed E-state index contributed by atoms with van der Waals surface area (Å²) in [4.78, 5) is 0. The second-order valence-electron chi connectivity index (χ2n) is 9.87. The summed E-state index contributed by atoms with van der Waals surface area (Å²) in [6, 6.07) is 44.5. The van der Waals surface area contributed by atoms with Gasteiger partial charge in [0.2, 0.25) is 0 Å². The highest BCUT2D eigenvalue weighted by molar-refractivity contribution is 6.07. The molecule has 0 spiro atoms. The number of benzene rings is 6. The van der Waals surface area contributed by atoms with E-state index < -0.39 is 0 Å². The fourth-order valence-electron chi connectivity index (χ4n) is 5.23. The van der Waals surface area contributed by atoms with E-state index >= 15 is 0 Å². The smallest absolute Gasteiger partial charge is 0.127 e. The predicted octanol–water partition coefficient (Wildman–Crippen LogP) is 8.79.